The van der Waals surface area contributed by atoms with Crippen molar-refractivity contribution in [2.45, 2.75) is 42.9 Å². The third-order valence-electron chi connectivity index (χ3n) is 4.35. The first-order valence-electron chi connectivity index (χ1n) is 8.00. The van der Waals surface area contributed by atoms with Gasteiger partial charge in [-0.1, -0.05) is 31.4 Å². The highest BCUT2D eigenvalue weighted by Crippen LogP contribution is 2.32. The first kappa shape index (κ1) is 16.7. The van der Waals surface area contributed by atoms with Gasteiger partial charge < -0.3 is 4.42 Å². The summed E-state index contributed by atoms with van der Waals surface area (Å²) in [5.74, 6) is -0.0598. The average molecular weight is 348 g/mol. The normalized spacial score (nSPS) is 16.0. The Hall–Kier alpha value is -2.12. The van der Waals surface area contributed by atoms with Crippen LogP contribution in [0.4, 0.5) is 0 Å². The van der Waals surface area contributed by atoms with Gasteiger partial charge in [-0.05, 0) is 42.5 Å². The monoisotopic (exact) mass is 348 g/mol. The van der Waals surface area contributed by atoms with E-state index in [9.17, 15) is 13.2 Å². The van der Waals surface area contributed by atoms with Gasteiger partial charge in [0.15, 0.2) is 0 Å². The van der Waals surface area contributed by atoms with Gasteiger partial charge in [-0.15, -0.1) is 4.83 Å². The largest absolute Gasteiger partial charge is 0.472 e. The molecule has 2 aromatic rings. The second-order valence-electron chi connectivity index (χ2n) is 5.98. The molecule has 1 heterocycles. The zero-order valence-corrected chi connectivity index (χ0v) is 14.0. The lowest BCUT2D eigenvalue weighted by molar-refractivity contribution is 0.0944. The van der Waals surface area contributed by atoms with Gasteiger partial charge in [-0.3, -0.25) is 10.2 Å². The molecule has 24 heavy (non-hydrogen) atoms. The number of nitrogens with one attached hydrogen (secondary N) is 2. The molecule has 1 fully saturated rings. The lowest BCUT2D eigenvalue weighted by Gasteiger charge is -2.22. The van der Waals surface area contributed by atoms with Crippen LogP contribution in [-0.4, -0.2) is 14.3 Å². The van der Waals surface area contributed by atoms with E-state index in [2.05, 4.69) is 10.3 Å². The van der Waals surface area contributed by atoms with Gasteiger partial charge in [-0.2, -0.15) is 0 Å². The number of carbonyl (C=O) groups is 1. The molecule has 6 nitrogen and oxygen atoms in total. The molecule has 0 aliphatic heterocycles. The maximum Gasteiger partial charge on any atom is 0.269 e. The van der Waals surface area contributed by atoms with E-state index in [4.69, 9.17) is 4.42 Å². The molecule has 0 bridgehead atoms. The predicted molar refractivity (Wildman–Crippen MR) is 88.8 cm³/mol. The number of carbonyl (C=O) groups excluding carboxylic acids is 1. The van der Waals surface area contributed by atoms with Crippen LogP contribution in [0, 0.1) is 0 Å². The van der Waals surface area contributed by atoms with Gasteiger partial charge in [0.25, 0.3) is 15.9 Å². The lowest BCUT2D eigenvalue weighted by Crippen LogP contribution is -2.41. The van der Waals surface area contributed by atoms with Crippen molar-refractivity contribution in [3.63, 3.8) is 0 Å². The molecule has 0 radical (unpaired) electrons. The SMILES string of the molecule is O=C(NNS(=O)(=O)c1ccc(C2CCCCC2)cc1)c1ccoc1. The van der Waals surface area contributed by atoms with E-state index in [1.807, 2.05) is 12.1 Å². The molecular weight excluding hydrogens is 328 g/mol. The summed E-state index contributed by atoms with van der Waals surface area (Å²) >= 11 is 0. The van der Waals surface area contributed by atoms with Crippen molar-refractivity contribution in [1.82, 2.24) is 10.3 Å². The number of hydrogen-bond acceptors (Lipinski definition) is 4. The molecule has 0 spiro atoms. The molecule has 1 aliphatic rings. The predicted octanol–water partition coefficient (Wildman–Crippen LogP) is 2.95. The molecule has 128 valence electrons. The molecule has 2 N–H and O–H groups in total. The Balaban J connectivity index is 1.64. The minimum atomic E-state index is -3.81. The molecule has 1 amide bonds. The van der Waals surface area contributed by atoms with Crippen LogP contribution < -0.4 is 10.3 Å². The molecule has 1 aromatic heterocycles. The Labute approximate surface area is 141 Å². The van der Waals surface area contributed by atoms with E-state index in [1.54, 1.807) is 12.1 Å². The summed E-state index contributed by atoms with van der Waals surface area (Å²) in [7, 11) is -3.81. The van der Waals surface area contributed by atoms with Crippen molar-refractivity contribution < 1.29 is 17.6 Å². The molecule has 1 aromatic carbocycles. The molecule has 1 saturated carbocycles. The summed E-state index contributed by atoms with van der Waals surface area (Å²) in [4.78, 5) is 14.0. The number of sulfonamides is 1. The second-order valence-corrected chi connectivity index (χ2v) is 7.66. The van der Waals surface area contributed by atoms with Crippen molar-refractivity contribution in [2.24, 2.45) is 0 Å². The van der Waals surface area contributed by atoms with Crippen LogP contribution >= 0.6 is 0 Å². The van der Waals surface area contributed by atoms with Crippen molar-refractivity contribution >= 4 is 15.9 Å². The zero-order valence-electron chi connectivity index (χ0n) is 13.2. The maximum absolute atomic E-state index is 12.2. The van der Waals surface area contributed by atoms with Crippen molar-refractivity contribution in [3.05, 3.63) is 54.0 Å². The average Bonchev–Trinajstić information content (AvgIpc) is 3.15. The molecule has 3 rings (SSSR count). The van der Waals surface area contributed by atoms with Crippen LogP contribution in [0.5, 0.6) is 0 Å². The van der Waals surface area contributed by atoms with E-state index in [0.29, 0.717) is 5.92 Å². The first-order chi connectivity index (χ1) is 11.6. The number of rotatable bonds is 5. The Bertz CT molecular complexity index is 777. The quantitative estimate of drug-likeness (QED) is 0.813. The Morgan fingerprint density at radius 2 is 1.75 bits per heavy atom. The number of hydrogen-bond donors (Lipinski definition) is 2. The number of amides is 1. The first-order valence-corrected chi connectivity index (χ1v) is 9.49. The third kappa shape index (κ3) is 3.85. The van der Waals surface area contributed by atoms with Gasteiger partial charge in [0.05, 0.1) is 16.7 Å². The maximum atomic E-state index is 12.2. The van der Waals surface area contributed by atoms with E-state index >= 15 is 0 Å². The van der Waals surface area contributed by atoms with Crippen molar-refractivity contribution in [1.29, 1.82) is 0 Å². The highest BCUT2D eigenvalue weighted by Gasteiger charge is 2.19. The highest BCUT2D eigenvalue weighted by molar-refractivity contribution is 7.89. The molecule has 0 atom stereocenters. The topological polar surface area (TPSA) is 88.4 Å². The van der Waals surface area contributed by atoms with Gasteiger partial charge in [0, 0.05) is 0 Å². The lowest BCUT2D eigenvalue weighted by atomic mass is 9.84. The van der Waals surface area contributed by atoms with Crippen LogP contribution in [0.25, 0.3) is 0 Å². The summed E-state index contributed by atoms with van der Waals surface area (Å²) in [5.41, 5.74) is 3.58. The van der Waals surface area contributed by atoms with Crippen molar-refractivity contribution in [3.8, 4) is 0 Å². The van der Waals surface area contributed by atoms with E-state index in [0.717, 1.165) is 12.8 Å². The van der Waals surface area contributed by atoms with Gasteiger partial charge >= 0.3 is 0 Å². The van der Waals surface area contributed by atoms with Crippen LogP contribution in [0.1, 0.15) is 53.9 Å². The summed E-state index contributed by atoms with van der Waals surface area (Å²) in [6.07, 6.45) is 8.63. The van der Waals surface area contributed by atoms with Crippen molar-refractivity contribution in [2.75, 3.05) is 0 Å². The summed E-state index contributed by atoms with van der Waals surface area (Å²) < 4.78 is 29.3. The van der Waals surface area contributed by atoms with Crippen LogP contribution in [0.2, 0.25) is 0 Å². The number of benzene rings is 1. The summed E-state index contributed by atoms with van der Waals surface area (Å²) in [6, 6.07) is 8.33. The second kappa shape index (κ2) is 7.19. The van der Waals surface area contributed by atoms with Gasteiger partial charge in [-0.25, -0.2) is 8.42 Å². The minimum absolute atomic E-state index is 0.120. The van der Waals surface area contributed by atoms with Gasteiger partial charge in [0.1, 0.15) is 6.26 Å². The molecule has 0 saturated heterocycles. The molecule has 7 heteroatoms. The van der Waals surface area contributed by atoms with Crippen LogP contribution in [0.15, 0.2) is 52.2 Å². The van der Waals surface area contributed by atoms with E-state index in [-0.39, 0.29) is 10.5 Å². The minimum Gasteiger partial charge on any atom is -0.472 e. The third-order valence-corrected chi connectivity index (χ3v) is 5.61. The van der Waals surface area contributed by atoms with Crippen LogP contribution in [-0.2, 0) is 10.0 Å². The van der Waals surface area contributed by atoms with E-state index in [1.165, 1.54) is 43.4 Å². The molecule has 0 unspecified atom stereocenters. The fourth-order valence-corrected chi connectivity index (χ4v) is 3.83. The molecule has 1 aliphatic carbocycles. The van der Waals surface area contributed by atoms with Crippen LogP contribution in [0.3, 0.4) is 0 Å². The van der Waals surface area contributed by atoms with E-state index < -0.39 is 15.9 Å². The standard InChI is InChI=1S/C17H20N2O4S/c20-17(15-10-11-23-12-15)18-19-24(21,22)16-8-6-14(7-9-16)13-4-2-1-3-5-13/h6-13,19H,1-5H2,(H,18,20). The fraction of sp³-hybridized carbons (Fsp3) is 0.353. The van der Waals surface area contributed by atoms with Gasteiger partial charge in [0.2, 0.25) is 0 Å². The summed E-state index contributed by atoms with van der Waals surface area (Å²) in [5, 5.41) is 0. The Morgan fingerprint density at radius 3 is 2.38 bits per heavy atom. The fourth-order valence-electron chi connectivity index (χ4n) is 2.99. The molecular formula is C17H20N2O4S. The highest BCUT2D eigenvalue weighted by atomic mass is 32.2. The Morgan fingerprint density at radius 1 is 1.04 bits per heavy atom. The summed E-state index contributed by atoms with van der Waals surface area (Å²) in [6.45, 7) is 0. The number of hydrazine groups is 1. The zero-order chi connectivity index (χ0) is 17.0. The Kier molecular flexibility index (Phi) is 5.01. The number of furan rings is 1. The smallest absolute Gasteiger partial charge is 0.269 e.